The molecule has 4 heterocycles. The maximum absolute atomic E-state index is 14.4. The van der Waals surface area contributed by atoms with Crippen molar-refractivity contribution in [1.82, 2.24) is 20.5 Å². The van der Waals surface area contributed by atoms with E-state index >= 15 is 0 Å². The van der Waals surface area contributed by atoms with Gasteiger partial charge in [0.15, 0.2) is 23.4 Å². The van der Waals surface area contributed by atoms with Crippen molar-refractivity contribution in [2.45, 2.75) is 134 Å². The van der Waals surface area contributed by atoms with Crippen molar-refractivity contribution in [2.75, 3.05) is 27.7 Å². The van der Waals surface area contributed by atoms with Gasteiger partial charge in [-0.2, -0.15) is 0 Å². The van der Waals surface area contributed by atoms with E-state index in [0.717, 1.165) is 16.5 Å². The van der Waals surface area contributed by atoms with E-state index in [0.29, 0.717) is 12.8 Å². The van der Waals surface area contributed by atoms with E-state index in [4.69, 9.17) is 23.7 Å². The number of aliphatic hydroxyl groups excluding tert-OH is 1. The van der Waals surface area contributed by atoms with Crippen molar-refractivity contribution in [3.05, 3.63) is 42.1 Å². The van der Waals surface area contributed by atoms with Crippen LogP contribution in [0.25, 0.3) is 10.9 Å². The van der Waals surface area contributed by atoms with Crippen molar-refractivity contribution >= 4 is 40.4 Å². The molecule has 3 aliphatic rings. The highest BCUT2D eigenvalue weighted by atomic mass is 16.7. The zero-order chi connectivity index (χ0) is 43.6. The highest BCUT2D eigenvalue weighted by Crippen LogP contribution is 2.44. The summed E-state index contributed by atoms with van der Waals surface area (Å²) in [6.45, 7) is 10.9. The van der Waals surface area contributed by atoms with Crippen molar-refractivity contribution in [3.8, 4) is 0 Å². The number of rotatable bonds is 10. The summed E-state index contributed by atoms with van der Waals surface area (Å²) >= 11 is 0. The molecule has 59 heavy (non-hydrogen) atoms. The number of para-hydroxylation sites is 1. The first-order chi connectivity index (χ1) is 27.7. The van der Waals surface area contributed by atoms with Gasteiger partial charge in [0.2, 0.25) is 5.91 Å². The summed E-state index contributed by atoms with van der Waals surface area (Å²) in [4.78, 5) is 75.3. The largest absolute Gasteiger partial charge is 0.457 e. The van der Waals surface area contributed by atoms with Crippen LogP contribution in [0.3, 0.4) is 0 Å². The number of alkyl carbamates (subject to hydrolysis) is 1. The summed E-state index contributed by atoms with van der Waals surface area (Å²) in [6.07, 6.45) is -3.70. The fourth-order valence-corrected chi connectivity index (χ4v) is 9.07. The minimum absolute atomic E-state index is 0.0321. The van der Waals surface area contributed by atoms with Gasteiger partial charge < -0.3 is 44.1 Å². The van der Waals surface area contributed by atoms with Crippen LogP contribution in [0.15, 0.2) is 36.5 Å². The third kappa shape index (κ3) is 9.32. The second kappa shape index (κ2) is 18.3. The van der Waals surface area contributed by atoms with Gasteiger partial charge in [-0.1, -0.05) is 39.0 Å². The minimum atomic E-state index is -2.41. The van der Waals surface area contributed by atoms with E-state index < -0.39 is 88.8 Å². The number of carbonyl (C=O) groups excluding carboxylic acids is 5. The lowest BCUT2D eigenvalue weighted by Gasteiger charge is -2.47. The number of methoxy groups -OCH3 is 1. The number of aromatic nitrogens is 1. The van der Waals surface area contributed by atoms with Crippen molar-refractivity contribution in [2.24, 2.45) is 23.7 Å². The average molecular weight is 827 g/mol. The van der Waals surface area contributed by atoms with Gasteiger partial charge >= 0.3 is 12.1 Å². The van der Waals surface area contributed by atoms with Crippen LogP contribution in [0, 0.1) is 23.7 Å². The van der Waals surface area contributed by atoms with Crippen LogP contribution >= 0.6 is 0 Å². The molecule has 3 saturated heterocycles. The topological polar surface area (TPSA) is 212 Å². The Balaban J connectivity index is 1.44. The van der Waals surface area contributed by atoms with Gasteiger partial charge in [-0.25, -0.2) is 4.79 Å². The Morgan fingerprint density at radius 2 is 1.75 bits per heavy atom. The number of aliphatic hydroxyl groups is 2. The third-order valence-electron chi connectivity index (χ3n) is 12.9. The van der Waals surface area contributed by atoms with Gasteiger partial charge in [-0.3, -0.25) is 29.5 Å². The Labute approximate surface area is 346 Å². The van der Waals surface area contributed by atoms with Gasteiger partial charge in [-0.05, 0) is 78.7 Å². The minimum Gasteiger partial charge on any atom is -0.457 e. The number of hydrogen-bond donors (Lipinski definition) is 4. The van der Waals surface area contributed by atoms with Crippen molar-refractivity contribution in [1.29, 1.82) is 0 Å². The SMILES string of the molecule is CO[C@]1(C)C[C@@H](C)C(=O)[C@H](C)[C@@]2(O)NC(=O)O[C@]2(C)[C@@H](CCNC(=O)CCc2ccnc3ccccc23)OC(=O)[C@H](C)C(=O)[C@H](C)[C@H]1OC1OC(C)CC(N(C)C)C1O. The highest BCUT2D eigenvalue weighted by Gasteiger charge is 2.66. The molecule has 0 radical (unpaired) electrons. The number of Topliss-reactive ketones (excluding diaryl/α,β-unsaturated/α-hetero) is 2. The summed E-state index contributed by atoms with van der Waals surface area (Å²) in [5.41, 5.74) is -4.10. The number of benzene rings is 1. The van der Waals surface area contributed by atoms with E-state index in [1.165, 1.54) is 27.9 Å². The molecule has 4 N–H and O–H groups in total. The maximum atomic E-state index is 14.4. The number of amides is 2. The maximum Gasteiger partial charge on any atom is 0.410 e. The van der Waals surface area contributed by atoms with Gasteiger partial charge in [-0.15, -0.1) is 0 Å². The third-order valence-corrected chi connectivity index (χ3v) is 12.9. The fourth-order valence-electron chi connectivity index (χ4n) is 9.07. The van der Waals surface area contributed by atoms with Crippen LogP contribution in [0.2, 0.25) is 0 Å². The molecular formula is C43H62N4O12. The molecule has 2 amide bonds. The smallest absolute Gasteiger partial charge is 0.410 e. The lowest BCUT2D eigenvalue weighted by atomic mass is 9.71. The van der Waals surface area contributed by atoms with E-state index in [9.17, 15) is 34.2 Å². The second-order valence-electron chi connectivity index (χ2n) is 17.2. The molecule has 326 valence electrons. The highest BCUT2D eigenvalue weighted by molar-refractivity contribution is 6.00. The summed E-state index contributed by atoms with van der Waals surface area (Å²) in [5, 5.41) is 30.0. The van der Waals surface area contributed by atoms with E-state index in [-0.39, 0.29) is 43.9 Å². The van der Waals surface area contributed by atoms with Gasteiger partial charge in [0.25, 0.3) is 0 Å². The van der Waals surface area contributed by atoms with E-state index in [2.05, 4.69) is 15.6 Å². The zero-order valence-electron chi connectivity index (χ0n) is 35.9. The standard InChI is InChI=1S/C43H62N4O12/c1-23-22-41(6,55-10)37(58-39-36(51)31(47(8)9)21-24(2)56-39)25(3)35(50)26(4)38(52)57-32(42(7)43(54,27(5)34(23)49)46-40(53)59-42)18-20-45-33(48)16-15-28-17-19-44-30-14-12-11-13-29(28)30/h11-14,17,19,23-27,31-32,36-37,39,51,54H,15-16,18,20-22H2,1-10H3,(H,45,48)(H,46,53)/t23-,24?,25+,26-,27+,31?,32-,36?,37-,39?,41-,42-,43+/m1/s1. The number of ketones is 2. The van der Waals surface area contributed by atoms with Crippen molar-refractivity contribution < 1.29 is 57.9 Å². The van der Waals surface area contributed by atoms with Crippen molar-refractivity contribution in [3.63, 3.8) is 0 Å². The molecule has 16 heteroatoms. The molecule has 0 saturated carbocycles. The van der Waals surface area contributed by atoms with Crippen LogP contribution in [0.4, 0.5) is 4.79 Å². The molecular weight excluding hydrogens is 764 g/mol. The predicted molar refractivity (Wildman–Crippen MR) is 215 cm³/mol. The summed E-state index contributed by atoms with van der Waals surface area (Å²) in [5.74, 6) is -7.04. The first-order valence-electron chi connectivity index (χ1n) is 20.5. The molecule has 0 bridgehead atoms. The van der Waals surface area contributed by atoms with Crippen LogP contribution in [0.5, 0.6) is 0 Å². The molecule has 3 fully saturated rings. The number of nitrogens with one attached hydrogen (secondary N) is 2. The molecule has 0 spiro atoms. The van der Waals surface area contributed by atoms with Gasteiger partial charge in [0.1, 0.15) is 23.9 Å². The van der Waals surface area contributed by atoms with Gasteiger partial charge in [0, 0.05) is 56.0 Å². The number of likely N-dealkylation sites (N-methyl/N-ethyl adjacent to an activating group) is 1. The number of cyclic esters (lactones) is 1. The number of carbonyl (C=O) groups is 5. The zero-order valence-corrected chi connectivity index (χ0v) is 35.9. The summed E-state index contributed by atoms with van der Waals surface area (Å²) in [6, 6.07) is 9.15. The molecule has 4 unspecified atom stereocenters. The second-order valence-corrected chi connectivity index (χ2v) is 17.2. The molecule has 2 aromatic rings. The van der Waals surface area contributed by atoms with Crippen LogP contribution in [-0.4, -0.2) is 131 Å². The monoisotopic (exact) mass is 826 g/mol. The Morgan fingerprint density at radius 1 is 1.05 bits per heavy atom. The van der Waals surface area contributed by atoms with E-state index in [1.807, 2.05) is 56.3 Å². The molecule has 16 nitrogen and oxygen atoms in total. The number of aryl methyl sites for hydroxylation is 1. The molecule has 0 aliphatic carbocycles. The van der Waals surface area contributed by atoms with Crippen LogP contribution in [-0.2, 0) is 49.3 Å². The van der Waals surface area contributed by atoms with Crippen LogP contribution < -0.4 is 10.6 Å². The molecule has 1 aromatic heterocycles. The average Bonchev–Trinajstić information content (AvgIpc) is 3.45. The molecule has 5 rings (SSSR count). The number of esters is 1. The number of fused-ring (bicyclic) bond motifs is 2. The lowest BCUT2D eigenvalue weighted by Crippen LogP contribution is -2.67. The summed E-state index contributed by atoms with van der Waals surface area (Å²) in [7, 11) is 5.08. The lowest BCUT2D eigenvalue weighted by molar-refractivity contribution is -0.295. The molecule has 3 aliphatic heterocycles. The van der Waals surface area contributed by atoms with Crippen LogP contribution in [0.1, 0.15) is 79.7 Å². The first-order valence-corrected chi connectivity index (χ1v) is 20.5. The normalized spacial score (nSPS) is 37.3. The van der Waals surface area contributed by atoms with E-state index in [1.54, 1.807) is 27.0 Å². The molecule has 13 atom stereocenters. The first kappa shape index (κ1) is 46.0. The van der Waals surface area contributed by atoms with Gasteiger partial charge in [0.05, 0.1) is 29.2 Å². The quantitative estimate of drug-likeness (QED) is 0.200. The number of ether oxygens (including phenoxy) is 5. The molecule has 1 aromatic carbocycles. The Hall–Kier alpha value is -4.06. The predicted octanol–water partition coefficient (Wildman–Crippen LogP) is 3.08. The number of pyridine rings is 1. The number of nitrogens with zero attached hydrogens (tertiary/aromatic N) is 2. The Kier molecular flexibility index (Phi) is 14.3. The Bertz CT molecular complexity index is 1870. The Morgan fingerprint density at radius 3 is 2.42 bits per heavy atom. The number of hydrogen-bond acceptors (Lipinski definition) is 14. The summed E-state index contributed by atoms with van der Waals surface area (Å²) < 4.78 is 30.4. The fraction of sp³-hybridized carbons (Fsp3) is 0.674.